The minimum absolute atomic E-state index is 0. The Hall–Kier alpha value is -0.443. The molecule has 0 N–H and O–H groups in total. The molecule has 2 rings (SSSR count). The van der Waals surface area contributed by atoms with Crippen molar-refractivity contribution < 1.29 is 0 Å². The molecule has 0 saturated heterocycles. The van der Waals surface area contributed by atoms with Gasteiger partial charge in [-0.1, -0.05) is 43.3 Å². The van der Waals surface area contributed by atoms with Gasteiger partial charge >= 0.3 is 18.9 Å². The Morgan fingerprint density at radius 1 is 1.00 bits per heavy atom. The molecule has 0 atom stereocenters. The van der Waals surface area contributed by atoms with Gasteiger partial charge in [0.2, 0.25) is 0 Å². The van der Waals surface area contributed by atoms with Crippen LogP contribution in [0.5, 0.6) is 0 Å². The molecule has 0 unspecified atom stereocenters. The molecule has 11 heavy (non-hydrogen) atoms. The predicted octanol–water partition coefficient (Wildman–Crippen LogP) is 2.01. The van der Waals surface area contributed by atoms with E-state index in [0.29, 0.717) is 0 Å². The van der Waals surface area contributed by atoms with E-state index in [1.807, 2.05) is 0 Å². The van der Waals surface area contributed by atoms with Crippen LogP contribution in [0.4, 0.5) is 0 Å². The number of benzene rings is 1. The number of fused-ring (bicyclic) bond motifs is 1. The third kappa shape index (κ3) is 1.43. The summed E-state index contributed by atoms with van der Waals surface area (Å²) in [5.74, 6) is 1.37. The molecular formula is C10H10Li. The van der Waals surface area contributed by atoms with Crippen molar-refractivity contribution in [2.45, 2.75) is 6.92 Å². The molecule has 0 aliphatic heterocycles. The van der Waals surface area contributed by atoms with Gasteiger partial charge in [-0.2, -0.15) is 0 Å². The molecule has 1 aliphatic rings. The number of hydrogen-bond donors (Lipinski definition) is 0. The van der Waals surface area contributed by atoms with Gasteiger partial charge in [-0.15, -0.1) is 0 Å². The maximum atomic E-state index is 2.16. The van der Waals surface area contributed by atoms with Crippen LogP contribution < -0.4 is 0 Å². The summed E-state index contributed by atoms with van der Waals surface area (Å²) >= 11 is 0. The molecule has 0 amide bonds. The second kappa shape index (κ2) is 3.30. The summed E-state index contributed by atoms with van der Waals surface area (Å²) in [6, 6.07) is 8.45. The van der Waals surface area contributed by atoms with Crippen molar-refractivity contribution in [3.8, 4) is 0 Å². The van der Waals surface area contributed by atoms with E-state index in [1.165, 1.54) is 17.0 Å². The van der Waals surface area contributed by atoms with Crippen LogP contribution in [0.2, 0.25) is 0 Å². The van der Waals surface area contributed by atoms with Crippen molar-refractivity contribution in [2.75, 3.05) is 0 Å². The van der Waals surface area contributed by atoms with Crippen molar-refractivity contribution >= 4 is 24.9 Å². The van der Waals surface area contributed by atoms with Gasteiger partial charge < -0.3 is 0 Å². The molecule has 0 nitrogen and oxygen atoms in total. The van der Waals surface area contributed by atoms with E-state index in [-0.39, 0.29) is 18.9 Å². The molecule has 0 aromatic heterocycles. The molecule has 0 saturated carbocycles. The van der Waals surface area contributed by atoms with Crippen LogP contribution in [-0.2, 0) is 0 Å². The molecule has 51 valence electrons. The Labute approximate surface area is 79.5 Å². The summed E-state index contributed by atoms with van der Waals surface area (Å²) in [5, 5.41) is 0. The van der Waals surface area contributed by atoms with Gasteiger partial charge in [0.1, 0.15) is 0 Å². The van der Waals surface area contributed by atoms with Crippen molar-refractivity contribution in [3.05, 3.63) is 47.4 Å². The Morgan fingerprint density at radius 3 is 2.45 bits per heavy atom. The zero-order valence-corrected chi connectivity index (χ0v) is 5.96. The summed E-state index contributed by atoms with van der Waals surface area (Å²) in [4.78, 5) is 0. The molecule has 1 heteroatoms. The molecular weight excluding hydrogens is 127 g/mol. The third-order valence-corrected chi connectivity index (χ3v) is 1.90. The zero-order valence-electron chi connectivity index (χ0n) is 5.96. The summed E-state index contributed by atoms with van der Waals surface area (Å²) in [5.41, 5.74) is 2.72. The average Bonchev–Trinajstić information content (AvgIpc) is 2.34. The van der Waals surface area contributed by atoms with Crippen LogP contribution in [-0.4, -0.2) is 18.9 Å². The van der Waals surface area contributed by atoms with E-state index in [0.717, 1.165) is 0 Å². The van der Waals surface area contributed by atoms with Gasteiger partial charge in [0.25, 0.3) is 0 Å². The molecule has 1 aliphatic carbocycles. The summed E-state index contributed by atoms with van der Waals surface area (Å²) < 4.78 is 0. The molecule has 1 radical (unpaired) electrons. The second-order valence-corrected chi connectivity index (χ2v) is 2.60. The standard InChI is InChI=1S/C10H9.Li.H/c1-8-6-7-9-4-2-3-5-10(8)9;;/h2-7H,1H3;;. The first kappa shape index (κ1) is 8.65. The SMILES string of the molecule is C[C]1C=Cc2ccccc21.[LiH]. The molecule has 1 aromatic rings. The van der Waals surface area contributed by atoms with E-state index in [1.54, 1.807) is 0 Å². The topological polar surface area (TPSA) is 0 Å². The fourth-order valence-electron chi connectivity index (χ4n) is 1.31. The second-order valence-electron chi connectivity index (χ2n) is 2.60. The fourth-order valence-corrected chi connectivity index (χ4v) is 1.31. The van der Waals surface area contributed by atoms with Crippen LogP contribution in [0.25, 0.3) is 6.08 Å². The van der Waals surface area contributed by atoms with Gasteiger partial charge in [0.15, 0.2) is 0 Å². The van der Waals surface area contributed by atoms with Crippen LogP contribution in [0.3, 0.4) is 0 Å². The molecule has 0 spiro atoms. The maximum absolute atomic E-state index is 2.16. The number of rotatable bonds is 0. The minimum atomic E-state index is 0. The quantitative estimate of drug-likeness (QED) is 0.480. The van der Waals surface area contributed by atoms with Gasteiger partial charge in [-0.25, -0.2) is 0 Å². The normalized spacial score (nSPS) is 14.3. The monoisotopic (exact) mass is 137 g/mol. The number of hydrogen-bond acceptors (Lipinski definition) is 0. The first-order chi connectivity index (χ1) is 4.88. The summed E-state index contributed by atoms with van der Waals surface area (Å²) in [6.07, 6.45) is 4.31. The Kier molecular flexibility index (Phi) is 2.60. The Balaban J connectivity index is 0.000000605. The molecule has 0 bridgehead atoms. The van der Waals surface area contributed by atoms with Crippen LogP contribution in [0.1, 0.15) is 18.1 Å². The average molecular weight is 137 g/mol. The van der Waals surface area contributed by atoms with E-state index < -0.39 is 0 Å². The van der Waals surface area contributed by atoms with E-state index >= 15 is 0 Å². The van der Waals surface area contributed by atoms with Gasteiger partial charge in [-0.05, 0) is 11.1 Å². The molecule has 1 aromatic carbocycles. The Bertz CT molecular complexity index is 276. The molecule has 0 heterocycles. The number of allylic oxidation sites excluding steroid dienone is 1. The van der Waals surface area contributed by atoms with Gasteiger partial charge in [-0.3, -0.25) is 0 Å². The Morgan fingerprint density at radius 2 is 1.73 bits per heavy atom. The predicted molar refractivity (Wildman–Crippen MR) is 50.6 cm³/mol. The molecule has 0 fully saturated rings. The van der Waals surface area contributed by atoms with Crippen molar-refractivity contribution in [2.24, 2.45) is 0 Å². The fraction of sp³-hybridized carbons (Fsp3) is 0.100. The van der Waals surface area contributed by atoms with E-state index in [4.69, 9.17) is 0 Å². The summed E-state index contributed by atoms with van der Waals surface area (Å²) in [7, 11) is 0. The van der Waals surface area contributed by atoms with Gasteiger partial charge in [0, 0.05) is 5.92 Å². The first-order valence-corrected chi connectivity index (χ1v) is 3.49. The van der Waals surface area contributed by atoms with E-state index in [9.17, 15) is 0 Å². The third-order valence-electron chi connectivity index (χ3n) is 1.90. The van der Waals surface area contributed by atoms with Crippen LogP contribution in [0, 0.1) is 5.92 Å². The van der Waals surface area contributed by atoms with Crippen LogP contribution in [0.15, 0.2) is 30.3 Å². The van der Waals surface area contributed by atoms with Crippen LogP contribution >= 0.6 is 0 Å². The van der Waals surface area contributed by atoms with Crippen molar-refractivity contribution in [1.29, 1.82) is 0 Å². The zero-order chi connectivity index (χ0) is 6.97. The first-order valence-electron chi connectivity index (χ1n) is 3.49. The summed E-state index contributed by atoms with van der Waals surface area (Å²) in [6.45, 7) is 2.14. The van der Waals surface area contributed by atoms with Crippen molar-refractivity contribution in [1.82, 2.24) is 0 Å². The van der Waals surface area contributed by atoms with E-state index in [2.05, 4.69) is 43.3 Å². The van der Waals surface area contributed by atoms with Gasteiger partial charge in [0.05, 0.1) is 0 Å². The van der Waals surface area contributed by atoms with Crippen molar-refractivity contribution in [3.63, 3.8) is 0 Å².